The van der Waals surface area contributed by atoms with E-state index >= 15 is 0 Å². The maximum absolute atomic E-state index is 5.34. The zero-order valence-electron chi connectivity index (χ0n) is 32.3. The van der Waals surface area contributed by atoms with Crippen LogP contribution in [-0.4, -0.2) is 19.1 Å². The molecule has 1 unspecified atom stereocenters. The quantitative estimate of drug-likeness (QED) is 0.179. The van der Waals surface area contributed by atoms with Crippen LogP contribution < -0.4 is 10.6 Å². The maximum atomic E-state index is 5.34. The third kappa shape index (κ3) is 4.68. The molecule has 0 saturated carbocycles. The molecule has 0 aliphatic carbocycles. The van der Waals surface area contributed by atoms with Crippen molar-refractivity contribution < 1.29 is 0 Å². The van der Waals surface area contributed by atoms with E-state index < -0.39 is 5.41 Å². The summed E-state index contributed by atoms with van der Waals surface area (Å²) in [6.07, 6.45) is 4.12. The van der Waals surface area contributed by atoms with E-state index in [9.17, 15) is 0 Å². The second-order valence-electron chi connectivity index (χ2n) is 15.4. The topological polar surface area (TPSA) is 35.6 Å². The SMILES string of the molecule is C=C/C=c1\c2n(c3ccccc13)-c1ccccc1C1(C=2C)c2ccccc2Sc2c1ccc1c2c2ccccc2n1-c1nc(-c2ccccc2)cc(-c2ccccc2)n1. The number of benzene rings is 7. The Hall–Kier alpha value is -7.21. The summed E-state index contributed by atoms with van der Waals surface area (Å²) in [6.45, 7) is 6.54. The Balaban J connectivity index is 1.22. The Bertz CT molecular complexity index is 3450. The number of hydrogen-bond donors (Lipinski definition) is 0. The summed E-state index contributed by atoms with van der Waals surface area (Å²) in [5.74, 6) is 0.646. The smallest absolute Gasteiger partial charge is 0.235 e. The highest BCUT2D eigenvalue weighted by Crippen LogP contribution is 2.60. The third-order valence-electron chi connectivity index (χ3n) is 12.4. The van der Waals surface area contributed by atoms with Gasteiger partial charge in [0.1, 0.15) is 0 Å². The predicted molar refractivity (Wildman–Crippen MR) is 244 cm³/mol. The summed E-state index contributed by atoms with van der Waals surface area (Å²) >= 11 is 1.88. The molecule has 2 aliphatic rings. The number of hydrogen-bond acceptors (Lipinski definition) is 3. The largest absolute Gasteiger partial charge is 0.309 e. The highest BCUT2D eigenvalue weighted by Gasteiger charge is 2.49. The lowest BCUT2D eigenvalue weighted by atomic mass is 9.63. The first kappa shape index (κ1) is 33.9. The highest BCUT2D eigenvalue weighted by molar-refractivity contribution is 7.99. The lowest BCUT2D eigenvalue weighted by Crippen LogP contribution is -2.46. The monoisotopic (exact) mass is 772 g/mol. The summed E-state index contributed by atoms with van der Waals surface area (Å²) in [6, 6.07) is 63.3. The second kappa shape index (κ2) is 12.9. The van der Waals surface area contributed by atoms with Gasteiger partial charge in [-0.3, -0.25) is 4.57 Å². The summed E-state index contributed by atoms with van der Waals surface area (Å²) in [5.41, 5.74) is 13.0. The molecule has 0 saturated heterocycles. The van der Waals surface area contributed by atoms with Crippen LogP contribution in [0.5, 0.6) is 0 Å². The summed E-state index contributed by atoms with van der Waals surface area (Å²) in [4.78, 5) is 13.2. The molecule has 59 heavy (non-hydrogen) atoms. The van der Waals surface area contributed by atoms with Crippen LogP contribution in [0.25, 0.3) is 78.5 Å². The standard InChI is InChI=1S/C54H36N4S/c1-3-18-38-37-23-10-14-27-45(37)57-47-29-16-12-25-40(47)54(34(2)51(38)57)41-26-13-17-30-49(41)59-52-42(54)31-32-48-50(52)39-24-11-15-28-46(39)58(48)53-55-43(35-19-6-4-7-20-35)33-44(56-53)36-21-8-5-9-22-36/h3-33H,1H2,2H3/b38-18-. The van der Waals surface area contributed by atoms with Gasteiger partial charge in [0.05, 0.1) is 44.4 Å². The fraction of sp³-hybridized carbons (Fsp3) is 0.0370. The molecule has 2 aliphatic heterocycles. The summed E-state index contributed by atoms with van der Waals surface area (Å²) in [5, 5.41) is 6.02. The van der Waals surface area contributed by atoms with Crippen molar-refractivity contribution in [1.82, 2.24) is 19.1 Å². The Morgan fingerprint density at radius 1 is 0.559 bits per heavy atom. The minimum atomic E-state index is -0.580. The zero-order chi connectivity index (χ0) is 39.2. The van der Waals surface area contributed by atoms with Gasteiger partial charge in [0, 0.05) is 42.3 Å². The van der Waals surface area contributed by atoms with Crippen LogP contribution in [0.15, 0.2) is 198 Å². The van der Waals surface area contributed by atoms with Crippen LogP contribution in [0.4, 0.5) is 0 Å². The molecule has 12 rings (SSSR count). The third-order valence-corrected chi connectivity index (χ3v) is 13.6. The van der Waals surface area contributed by atoms with Gasteiger partial charge in [-0.25, -0.2) is 9.97 Å². The number of allylic oxidation sites excluding steroid dienone is 1. The summed E-state index contributed by atoms with van der Waals surface area (Å²) < 4.78 is 4.76. The first-order valence-electron chi connectivity index (χ1n) is 20.0. The molecule has 5 heteroatoms. The van der Waals surface area contributed by atoms with Gasteiger partial charge in [0.15, 0.2) is 0 Å². The predicted octanol–water partition coefficient (Wildman–Crippen LogP) is 11.8. The summed E-state index contributed by atoms with van der Waals surface area (Å²) in [7, 11) is 0. The first-order valence-corrected chi connectivity index (χ1v) is 20.9. The van der Waals surface area contributed by atoms with E-state index in [1.165, 1.54) is 70.0 Å². The first-order chi connectivity index (χ1) is 29.2. The Kier molecular flexibility index (Phi) is 7.41. The number of rotatable bonds is 4. The molecule has 7 aromatic carbocycles. The van der Waals surface area contributed by atoms with Gasteiger partial charge in [-0.1, -0.05) is 170 Å². The van der Waals surface area contributed by atoms with Crippen LogP contribution in [0.1, 0.15) is 23.6 Å². The molecule has 4 nitrogen and oxygen atoms in total. The lowest BCUT2D eigenvalue weighted by molar-refractivity contribution is 0.713. The van der Waals surface area contributed by atoms with E-state index in [0.717, 1.165) is 33.5 Å². The van der Waals surface area contributed by atoms with Crippen LogP contribution >= 0.6 is 11.8 Å². The number of fused-ring (bicyclic) bond motifs is 14. The normalized spacial score (nSPS) is 15.7. The van der Waals surface area contributed by atoms with Crippen molar-refractivity contribution in [3.05, 3.63) is 216 Å². The molecule has 278 valence electrons. The molecular weight excluding hydrogens is 737 g/mol. The van der Waals surface area contributed by atoms with E-state index in [4.69, 9.17) is 9.97 Å². The van der Waals surface area contributed by atoms with Crippen LogP contribution in [0.3, 0.4) is 0 Å². The second-order valence-corrected chi connectivity index (χ2v) is 16.4. The Morgan fingerprint density at radius 3 is 1.86 bits per heavy atom. The maximum Gasteiger partial charge on any atom is 0.235 e. The number of aromatic nitrogens is 4. The Labute approximate surface area is 345 Å². The molecule has 3 aromatic heterocycles. The van der Waals surface area contributed by atoms with Crippen molar-refractivity contribution in [2.75, 3.05) is 0 Å². The van der Waals surface area contributed by atoms with Gasteiger partial charge in [0.25, 0.3) is 0 Å². The molecule has 0 fully saturated rings. The minimum Gasteiger partial charge on any atom is -0.309 e. The van der Waals surface area contributed by atoms with Crippen LogP contribution in [0.2, 0.25) is 0 Å². The van der Waals surface area contributed by atoms with Gasteiger partial charge in [-0.2, -0.15) is 0 Å². The van der Waals surface area contributed by atoms with Crippen molar-refractivity contribution in [1.29, 1.82) is 0 Å². The van der Waals surface area contributed by atoms with E-state index in [1.807, 2.05) is 30.0 Å². The van der Waals surface area contributed by atoms with Crippen molar-refractivity contribution >= 4 is 56.1 Å². The van der Waals surface area contributed by atoms with Gasteiger partial charge >= 0.3 is 0 Å². The number of nitrogens with zero attached hydrogens (tertiary/aromatic N) is 4. The van der Waals surface area contributed by atoms with Crippen molar-refractivity contribution in [3.63, 3.8) is 0 Å². The molecule has 0 radical (unpaired) electrons. The average molecular weight is 773 g/mol. The van der Waals surface area contributed by atoms with Crippen molar-refractivity contribution in [2.45, 2.75) is 22.1 Å². The van der Waals surface area contributed by atoms with Crippen molar-refractivity contribution in [2.24, 2.45) is 0 Å². The fourth-order valence-corrected chi connectivity index (χ4v) is 11.4. The minimum absolute atomic E-state index is 0.580. The molecule has 0 N–H and O–H groups in total. The average Bonchev–Trinajstić information content (AvgIpc) is 3.82. The highest BCUT2D eigenvalue weighted by atomic mass is 32.2. The molecule has 1 atom stereocenters. The van der Waals surface area contributed by atoms with Gasteiger partial charge in [-0.05, 0) is 65.6 Å². The molecule has 5 heterocycles. The van der Waals surface area contributed by atoms with Gasteiger partial charge < -0.3 is 4.57 Å². The van der Waals surface area contributed by atoms with Gasteiger partial charge in [0.2, 0.25) is 5.95 Å². The van der Waals surface area contributed by atoms with E-state index in [-0.39, 0.29) is 0 Å². The number of para-hydroxylation sites is 3. The lowest BCUT2D eigenvalue weighted by Gasteiger charge is -2.45. The van der Waals surface area contributed by atoms with E-state index in [1.54, 1.807) is 0 Å². The van der Waals surface area contributed by atoms with E-state index in [2.05, 4.69) is 193 Å². The Morgan fingerprint density at radius 2 is 1.15 bits per heavy atom. The fourth-order valence-electron chi connectivity index (χ4n) is 10.0. The molecular formula is C54H36N4S. The zero-order valence-corrected chi connectivity index (χ0v) is 33.1. The molecule has 0 bridgehead atoms. The molecule has 10 aromatic rings. The van der Waals surface area contributed by atoms with Gasteiger partial charge in [-0.15, -0.1) is 0 Å². The van der Waals surface area contributed by atoms with E-state index in [0.29, 0.717) is 5.95 Å². The molecule has 1 spiro atoms. The van der Waals surface area contributed by atoms with Crippen LogP contribution in [0, 0.1) is 0 Å². The van der Waals surface area contributed by atoms with Crippen LogP contribution in [-0.2, 0) is 5.41 Å². The van der Waals surface area contributed by atoms with Crippen molar-refractivity contribution in [3.8, 4) is 34.2 Å². The molecule has 0 amide bonds.